The Morgan fingerprint density at radius 2 is 2.13 bits per heavy atom. The predicted molar refractivity (Wildman–Crippen MR) is 90.4 cm³/mol. The number of hydrogen-bond donors (Lipinski definition) is 1. The van der Waals surface area contributed by atoms with Crippen LogP contribution in [0.15, 0.2) is 55.2 Å². The van der Waals surface area contributed by atoms with Gasteiger partial charge in [0.2, 0.25) is 0 Å². The molecule has 0 amide bonds. The fourth-order valence-electron chi connectivity index (χ4n) is 4.15. The monoisotopic (exact) mass is 310 g/mol. The number of phenols is 1. The first-order valence-corrected chi connectivity index (χ1v) is 7.94. The summed E-state index contributed by atoms with van der Waals surface area (Å²) in [7, 11) is 1.53. The van der Waals surface area contributed by atoms with E-state index in [-0.39, 0.29) is 29.3 Å². The lowest BCUT2D eigenvalue weighted by molar-refractivity contribution is -0.120. The van der Waals surface area contributed by atoms with Crippen molar-refractivity contribution in [3.63, 3.8) is 0 Å². The zero-order valence-electron chi connectivity index (χ0n) is 13.4. The molecule has 3 nitrogen and oxygen atoms in total. The van der Waals surface area contributed by atoms with E-state index < -0.39 is 0 Å². The number of hydrogen-bond acceptors (Lipinski definition) is 3. The van der Waals surface area contributed by atoms with Crippen LogP contribution in [0.25, 0.3) is 0 Å². The highest BCUT2D eigenvalue weighted by Gasteiger charge is 2.46. The van der Waals surface area contributed by atoms with Gasteiger partial charge < -0.3 is 9.84 Å². The third-order valence-corrected chi connectivity index (χ3v) is 5.19. The molecule has 0 spiro atoms. The molecule has 3 rings (SSSR count). The maximum absolute atomic E-state index is 12.4. The van der Waals surface area contributed by atoms with Crippen LogP contribution in [0.4, 0.5) is 0 Å². The molecule has 23 heavy (non-hydrogen) atoms. The first-order chi connectivity index (χ1) is 11.0. The fraction of sp³-hybridized carbons (Fsp3) is 0.350. The van der Waals surface area contributed by atoms with E-state index in [4.69, 9.17) is 4.74 Å². The quantitative estimate of drug-likeness (QED) is 0.863. The van der Waals surface area contributed by atoms with E-state index in [1.54, 1.807) is 18.2 Å². The summed E-state index contributed by atoms with van der Waals surface area (Å²) < 4.78 is 5.08. The lowest BCUT2D eigenvalue weighted by atomic mass is 9.75. The van der Waals surface area contributed by atoms with Gasteiger partial charge in [-0.3, -0.25) is 4.79 Å². The normalized spacial score (nSPS) is 29.4. The van der Waals surface area contributed by atoms with Crippen molar-refractivity contribution in [2.24, 2.45) is 23.7 Å². The molecule has 0 saturated heterocycles. The van der Waals surface area contributed by atoms with Crippen molar-refractivity contribution >= 4 is 5.78 Å². The second-order valence-corrected chi connectivity index (χ2v) is 6.47. The SMILES string of the molecule is C=C[C@@H]1C[C@@H](Cc2ccc(OC)c(O)c2)C2C(=O)C=CC(=C)[C@H]21. The van der Waals surface area contributed by atoms with Gasteiger partial charge in [0, 0.05) is 5.92 Å². The summed E-state index contributed by atoms with van der Waals surface area (Å²) >= 11 is 0. The zero-order chi connectivity index (χ0) is 16.6. The zero-order valence-corrected chi connectivity index (χ0v) is 13.4. The first-order valence-electron chi connectivity index (χ1n) is 7.94. The van der Waals surface area contributed by atoms with E-state index in [9.17, 15) is 9.90 Å². The van der Waals surface area contributed by atoms with E-state index in [1.165, 1.54) is 7.11 Å². The summed E-state index contributed by atoms with van der Waals surface area (Å²) in [6, 6.07) is 5.45. The van der Waals surface area contributed by atoms with Crippen molar-refractivity contribution in [3.05, 3.63) is 60.7 Å². The molecular weight excluding hydrogens is 288 g/mol. The Morgan fingerprint density at radius 1 is 1.35 bits per heavy atom. The number of benzene rings is 1. The van der Waals surface area contributed by atoms with Gasteiger partial charge in [-0.15, -0.1) is 6.58 Å². The second-order valence-electron chi connectivity index (χ2n) is 6.47. The van der Waals surface area contributed by atoms with Crippen LogP contribution in [0.3, 0.4) is 0 Å². The predicted octanol–water partition coefficient (Wildman–Crippen LogP) is 3.69. The minimum Gasteiger partial charge on any atom is -0.504 e. The number of methoxy groups -OCH3 is 1. The number of ether oxygens (including phenoxy) is 1. The Bertz CT molecular complexity index is 686. The number of aromatic hydroxyl groups is 1. The fourth-order valence-corrected chi connectivity index (χ4v) is 4.15. The third-order valence-electron chi connectivity index (χ3n) is 5.19. The van der Waals surface area contributed by atoms with Crippen molar-refractivity contribution < 1.29 is 14.6 Å². The van der Waals surface area contributed by atoms with Gasteiger partial charge in [-0.05, 0) is 54.4 Å². The first kappa shape index (κ1) is 15.6. The minimum atomic E-state index is -0.0280. The lowest BCUT2D eigenvalue weighted by Gasteiger charge is -2.28. The lowest BCUT2D eigenvalue weighted by Crippen LogP contribution is -2.29. The van der Waals surface area contributed by atoms with Crippen molar-refractivity contribution in [2.75, 3.05) is 7.11 Å². The summed E-state index contributed by atoms with van der Waals surface area (Å²) in [6.45, 7) is 8.06. The van der Waals surface area contributed by atoms with Gasteiger partial charge in [0.05, 0.1) is 7.11 Å². The number of rotatable bonds is 4. The molecule has 4 atom stereocenters. The summed E-state index contributed by atoms with van der Waals surface area (Å²) in [5.74, 6) is 1.46. The van der Waals surface area contributed by atoms with Crippen molar-refractivity contribution in [3.8, 4) is 11.5 Å². The molecule has 0 aliphatic heterocycles. The van der Waals surface area contributed by atoms with E-state index >= 15 is 0 Å². The van der Waals surface area contributed by atoms with Gasteiger partial charge in [0.25, 0.3) is 0 Å². The average Bonchev–Trinajstić information content (AvgIpc) is 2.91. The van der Waals surface area contributed by atoms with Crippen LogP contribution in [-0.2, 0) is 11.2 Å². The van der Waals surface area contributed by atoms with E-state index in [0.29, 0.717) is 11.7 Å². The number of carbonyl (C=O) groups excluding carboxylic acids is 1. The molecule has 0 heterocycles. The van der Waals surface area contributed by atoms with Crippen LogP contribution in [0, 0.1) is 23.7 Å². The third kappa shape index (κ3) is 2.72. The van der Waals surface area contributed by atoms with Crippen LogP contribution >= 0.6 is 0 Å². The van der Waals surface area contributed by atoms with Gasteiger partial charge in [0.1, 0.15) is 0 Å². The van der Waals surface area contributed by atoms with Crippen LogP contribution in [0.2, 0.25) is 0 Å². The van der Waals surface area contributed by atoms with E-state index in [1.807, 2.05) is 18.2 Å². The number of allylic oxidation sites excluding steroid dienone is 4. The molecule has 3 heteroatoms. The highest BCUT2D eigenvalue weighted by Crippen LogP contribution is 2.49. The molecule has 1 aromatic carbocycles. The molecule has 0 radical (unpaired) electrons. The van der Waals surface area contributed by atoms with Gasteiger partial charge in [-0.1, -0.05) is 30.4 Å². The van der Waals surface area contributed by atoms with E-state index in [2.05, 4.69) is 13.2 Å². The van der Waals surface area contributed by atoms with Crippen molar-refractivity contribution in [2.45, 2.75) is 12.8 Å². The summed E-state index contributed by atoms with van der Waals surface area (Å²) in [4.78, 5) is 12.4. The number of phenolic OH excluding ortho intramolecular Hbond substituents is 1. The molecule has 0 aromatic heterocycles. The molecule has 1 fully saturated rings. The molecular formula is C20H22O3. The molecule has 2 aliphatic rings. The summed E-state index contributed by atoms with van der Waals surface area (Å²) in [5, 5.41) is 9.96. The molecule has 120 valence electrons. The highest BCUT2D eigenvalue weighted by atomic mass is 16.5. The van der Waals surface area contributed by atoms with Crippen molar-refractivity contribution in [1.82, 2.24) is 0 Å². The van der Waals surface area contributed by atoms with E-state index in [0.717, 1.165) is 24.0 Å². The van der Waals surface area contributed by atoms with Crippen molar-refractivity contribution in [1.29, 1.82) is 0 Å². The number of carbonyl (C=O) groups is 1. The maximum Gasteiger partial charge on any atom is 0.160 e. The maximum atomic E-state index is 12.4. The summed E-state index contributed by atoms with van der Waals surface area (Å²) in [6.07, 6.45) is 7.16. The highest BCUT2D eigenvalue weighted by molar-refractivity contribution is 5.94. The molecule has 1 aromatic rings. The summed E-state index contributed by atoms with van der Waals surface area (Å²) in [5.41, 5.74) is 2.05. The molecule has 2 aliphatic carbocycles. The van der Waals surface area contributed by atoms with Gasteiger partial charge in [-0.25, -0.2) is 0 Å². The molecule has 1 N–H and O–H groups in total. The number of fused-ring (bicyclic) bond motifs is 1. The Morgan fingerprint density at radius 3 is 2.78 bits per heavy atom. The minimum absolute atomic E-state index is 0.0280. The molecule has 1 unspecified atom stereocenters. The largest absolute Gasteiger partial charge is 0.504 e. The Kier molecular flexibility index (Phi) is 4.12. The molecule has 0 bridgehead atoms. The van der Waals surface area contributed by atoms with Crippen LogP contribution in [0.1, 0.15) is 12.0 Å². The smallest absolute Gasteiger partial charge is 0.160 e. The topological polar surface area (TPSA) is 46.5 Å². The average molecular weight is 310 g/mol. The van der Waals surface area contributed by atoms with Crippen LogP contribution in [-0.4, -0.2) is 18.0 Å². The number of ketones is 1. The Hall–Kier alpha value is -2.29. The van der Waals surface area contributed by atoms with Gasteiger partial charge >= 0.3 is 0 Å². The Labute approximate surface area is 137 Å². The molecule has 1 saturated carbocycles. The Balaban J connectivity index is 1.86. The second kappa shape index (κ2) is 6.07. The van der Waals surface area contributed by atoms with Crippen LogP contribution in [0.5, 0.6) is 11.5 Å². The standard InChI is InChI=1S/C20H22O3/c1-4-14-11-15(20-16(21)7-5-12(2)19(14)20)9-13-6-8-18(23-3)17(22)10-13/h4-8,10,14-15,19-20,22H,1-2,9,11H2,3H3/t14-,15-,19+,20?/m1/s1. The van der Waals surface area contributed by atoms with Gasteiger partial charge in [0.15, 0.2) is 17.3 Å². The van der Waals surface area contributed by atoms with Gasteiger partial charge in [-0.2, -0.15) is 0 Å². The van der Waals surface area contributed by atoms with Crippen LogP contribution < -0.4 is 4.74 Å².